The fourth-order valence-corrected chi connectivity index (χ4v) is 1.90. The maximum Gasteiger partial charge on any atom is -0.0162 e. The van der Waals surface area contributed by atoms with Crippen LogP contribution in [0.3, 0.4) is 0 Å². The molecule has 0 N–H and O–H groups in total. The van der Waals surface area contributed by atoms with E-state index in [2.05, 4.69) is 44.2 Å². The fraction of sp³-hybridized carbons (Fsp3) is 0.500. The third-order valence-corrected chi connectivity index (χ3v) is 2.73. The first-order chi connectivity index (χ1) is 6.88. The molecule has 0 heterocycles. The number of rotatable bonds is 6. The molecule has 0 fully saturated rings. The first-order valence-electron chi connectivity index (χ1n) is 5.72. The van der Waals surface area contributed by atoms with Crippen LogP contribution in [-0.4, -0.2) is 0 Å². The van der Waals surface area contributed by atoms with Gasteiger partial charge in [0.2, 0.25) is 0 Å². The van der Waals surface area contributed by atoms with Gasteiger partial charge in [0.05, 0.1) is 0 Å². The van der Waals surface area contributed by atoms with E-state index in [1.54, 1.807) is 0 Å². The van der Waals surface area contributed by atoms with Crippen molar-refractivity contribution in [3.63, 3.8) is 0 Å². The normalized spacial score (nSPS) is 12.7. The SMILES string of the molecule is [CH2]CCC(CCCC)c1ccccc1. The van der Waals surface area contributed by atoms with Gasteiger partial charge in [0.15, 0.2) is 0 Å². The van der Waals surface area contributed by atoms with Crippen LogP contribution in [0.1, 0.15) is 50.5 Å². The molecular weight excluding hydrogens is 168 g/mol. The van der Waals surface area contributed by atoms with Crippen molar-refractivity contribution >= 4 is 0 Å². The Morgan fingerprint density at radius 3 is 2.43 bits per heavy atom. The lowest BCUT2D eigenvalue weighted by atomic mass is 9.90. The molecule has 0 saturated carbocycles. The first kappa shape index (κ1) is 11.3. The molecule has 0 aliphatic rings. The summed E-state index contributed by atoms with van der Waals surface area (Å²) in [7, 11) is 0. The standard InChI is InChI=1S/C14H21/c1-3-5-10-13(9-4-2)14-11-7-6-8-12-14/h6-8,11-13H,2-5,9-10H2,1H3. The van der Waals surface area contributed by atoms with Gasteiger partial charge in [-0.25, -0.2) is 0 Å². The van der Waals surface area contributed by atoms with Crippen LogP contribution in [0.15, 0.2) is 30.3 Å². The molecule has 1 unspecified atom stereocenters. The van der Waals surface area contributed by atoms with Crippen molar-refractivity contribution in [2.75, 3.05) is 0 Å². The molecule has 1 aromatic carbocycles. The van der Waals surface area contributed by atoms with Crippen molar-refractivity contribution in [3.8, 4) is 0 Å². The molecular formula is C14H21. The first-order valence-corrected chi connectivity index (χ1v) is 5.72. The zero-order valence-electron chi connectivity index (χ0n) is 9.21. The number of hydrogen-bond acceptors (Lipinski definition) is 0. The number of benzene rings is 1. The molecule has 0 aliphatic heterocycles. The Labute approximate surface area is 88.4 Å². The van der Waals surface area contributed by atoms with E-state index in [1.807, 2.05) is 0 Å². The van der Waals surface area contributed by atoms with Crippen molar-refractivity contribution in [2.45, 2.75) is 44.9 Å². The van der Waals surface area contributed by atoms with E-state index in [1.165, 1.54) is 31.2 Å². The molecule has 0 heteroatoms. The van der Waals surface area contributed by atoms with Gasteiger partial charge >= 0.3 is 0 Å². The maximum atomic E-state index is 3.96. The van der Waals surface area contributed by atoms with Crippen LogP contribution >= 0.6 is 0 Å². The Morgan fingerprint density at radius 2 is 1.86 bits per heavy atom. The minimum atomic E-state index is 0.730. The van der Waals surface area contributed by atoms with Gasteiger partial charge in [-0.15, -0.1) is 0 Å². The minimum absolute atomic E-state index is 0.730. The van der Waals surface area contributed by atoms with Crippen LogP contribution in [-0.2, 0) is 0 Å². The molecule has 1 rings (SSSR count). The minimum Gasteiger partial charge on any atom is -0.0654 e. The van der Waals surface area contributed by atoms with Crippen molar-refractivity contribution in [1.29, 1.82) is 0 Å². The second-order valence-corrected chi connectivity index (χ2v) is 3.89. The Balaban J connectivity index is 2.58. The number of hydrogen-bond donors (Lipinski definition) is 0. The zero-order chi connectivity index (χ0) is 10.2. The monoisotopic (exact) mass is 189 g/mol. The molecule has 1 aromatic rings. The van der Waals surface area contributed by atoms with Crippen LogP contribution in [0.4, 0.5) is 0 Å². The molecule has 0 nitrogen and oxygen atoms in total. The largest absolute Gasteiger partial charge is 0.0654 e. The summed E-state index contributed by atoms with van der Waals surface area (Å²) in [5.41, 5.74) is 1.49. The summed E-state index contributed by atoms with van der Waals surface area (Å²) in [5, 5.41) is 0. The van der Waals surface area contributed by atoms with E-state index in [9.17, 15) is 0 Å². The highest BCUT2D eigenvalue weighted by Gasteiger charge is 2.08. The van der Waals surface area contributed by atoms with Gasteiger partial charge in [-0.1, -0.05) is 63.4 Å². The average molecular weight is 189 g/mol. The molecule has 0 spiro atoms. The van der Waals surface area contributed by atoms with E-state index in [4.69, 9.17) is 0 Å². The van der Waals surface area contributed by atoms with E-state index >= 15 is 0 Å². The lowest BCUT2D eigenvalue weighted by molar-refractivity contribution is 0.551. The molecule has 0 amide bonds. The quantitative estimate of drug-likeness (QED) is 0.614. The highest BCUT2D eigenvalue weighted by molar-refractivity contribution is 5.19. The summed E-state index contributed by atoms with van der Waals surface area (Å²) >= 11 is 0. The van der Waals surface area contributed by atoms with Gasteiger partial charge < -0.3 is 0 Å². The second kappa shape index (κ2) is 6.64. The van der Waals surface area contributed by atoms with Crippen molar-refractivity contribution in [1.82, 2.24) is 0 Å². The van der Waals surface area contributed by atoms with Crippen LogP contribution in [0.25, 0.3) is 0 Å². The molecule has 0 saturated heterocycles. The van der Waals surface area contributed by atoms with Crippen LogP contribution in [0.5, 0.6) is 0 Å². The van der Waals surface area contributed by atoms with Crippen molar-refractivity contribution in [3.05, 3.63) is 42.8 Å². The van der Waals surface area contributed by atoms with Gasteiger partial charge in [-0.3, -0.25) is 0 Å². The third kappa shape index (κ3) is 3.53. The summed E-state index contributed by atoms with van der Waals surface area (Å²) in [6, 6.07) is 10.9. The summed E-state index contributed by atoms with van der Waals surface area (Å²) in [6.07, 6.45) is 6.21. The van der Waals surface area contributed by atoms with Gasteiger partial charge in [0.25, 0.3) is 0 Å². The van der Waals surface area contributed by atoms with E-state index < -0.39 is 0 Å². The van der Waals surface area contributed by atoms with Gasteiger partial charge in [-0.2, -0.15) is 0 Å². The maximum absolute atomic E-state index is 3.96. The van der Waals surface area contributed by atoms with Gasteiger partial charge in [0.1, 0.15) is 0 Å². The lowest BCUT2D eigenvalue weighted by Gasteiger charge is -2.15. The molecule has 0 aromatic heterocycles. The van der Waals surface area contributed by atoms with E-state index in [0.717, 1.165) is 12.3 Å². The van der Waals surface area contributed by atoms with Gasteiger partial charge in [0, 0.05) is 0 Å². The molecule has 1 radical (unpaired) electrons. The predicted molar refractivity (Wildman–Crippen MR) is 63.3 cm³/mol. The Kier molecular flexibility index (Phi) is 5.36. The molecule has 77 valence electrons. The second-order valence-electron chi connectivity index (χ2n) is 3.89. The van der Waals surface area contributed by atoms with Crippen LogP contribution < -0.4 is 0 Å². The van der Waals surface area contributed by atoms with Crippen LogP contribution in [0.2, 0.25) is 0 Å². The van der Waals surface area contributed by atoms with E-state index in [0.29, 0.717) is 0 Å². The Hall–Kier alpha value is -0.780. The van der Waals surface area contributed by atoms with Crippen LogP contribution in [0, 0.1) is 6.92 Å². The Bertz CT molecular complexity index is 225. The highest BCUT2D eigenvalue weighted by Crippen LogP contribution is 2.26. The summed E-state index contributed by atoms with van der Waals surface area (Å²) in [4.78, 5) is 0. The third-order valence-electron chi connectivity index (χ3n) is 2.73. The van der Waals surface area contributed by atoms with Gasteiger partial charge in [-0.05, 0) is 24.3 Å². The fourth-order valence-electron chi connectivity index (χ4n) is 1.90. The summed E-state index contributed by atoms with van der Waals surface area (Å²) < 4.78 is 0. The topological polar surface area (TPSA) is 0 Å². The zero-order valence-corrected chi connectivity index (χ0v) is 9.21. The summed E-state index contributed by atoms with van der Waals surface area (Å²) in [5.74, 6) is 0.730. The molecule has 0 aliphatic carbocycles. The average Bonchev–Trinajstić information content (AvgIpc) is 2.25. The predicted octanol–water partition coefficient (Wildman–Crippen LogP) is 4.57. The molecule has 1 atom stereocenters. The smallest absolute Gasteiger partial charge is 0.0162 e. The van der Waals surface area contributed by atoms with E-state index in [-0.39, 0.29) is 0 Å². The Morgan fingerprint density at radius 1 is 1.14 bits per heavy atom. The molecule has 0 bridgehead atoms. The molecule has 14 heavy (non-hydrogen) atoms. The van der Waals surface area contributed by atoms with Crippen molar-refractivity contribution in [2.24, 2.45) is 0 Å². The number of unbranched alkanes of at least 4 members (excludes halogenated alkanes) is 1. The highest BCUT2D eigenvalue weighted by atomic mass is 14.1. The summed E-state index contributed by atoms with van der Waals surface area (Å²) in [6.45, 7) is 6.22. The lowest BCUT2D eigenvalue weighted by Crippen LogP contribution is -1.98. The van der Waals surface area contributed by atoms with Crippen molar-refractivity contribution < 1.29 is 0 Å².